The predicted octanol–water partition coefficient (Wildman–Crippen LogP) is 0.943. The summed E-state index contributed by atoms with van der Waals surface area (Å²) in [4.78, 5) is 0. The number of hydrogen-bond donors (Lipinski definition) is 1. The third kappa shape index (κ3) is 2.00. The molecule has 0 aromatic rings. The molecule has 1 heterocycles. The van der Waals surface area contributed by atoms with Crippen molar-refractivity contribution in [2.45, 2.75) is 50.3 Å². The van der Waals surface area contributed by atoms with Crippen molar-refractivity contribution in [1.82, 2.24) is 9.62 Å². The van der Waals surface area contributed by atoms with Gasteiger partial charge in [-0.25, -0.2) is 8.42 Å². The number of hydrogen-bond acceptors (Lipinski definition) is 3. The minimum absolute atomic E-state index is 0.254. The van der Waals surface area contributed by atoms with Crippen LogP contribution >= 0.6 is 0 Å². The van der Waals surface area contributed by atoms with Crippen LogP contribution < -0.4 is 5.32 Å². The fourth-order valence-corrected chi connectivity index (χ4v) is 4.53. The second kappa shape index (κ2) is 4.27. The Kier molecular flexibility index (Phi) is 3.29. The van der Waals surface area contributed by atoms with E-state index in [1.807, 2.05) is 13.8 Å². The van der Waals surface area contributed by atoms with Crippen molar-refractivity contribution < 1.29 is 8.42 Å². The first-order chi connectivity index (χ1) is 7.45. The van der Waals surface area contributed by atoms with E-state index in [-0.39, 0.29) is 6.04 Å². The lowest BCUT2D eigenvalue weighted by Gasteiger charge is -2.32. The summed E-state index contributed by atoms with van der Waals surface area (Å²) in [5.74, 6) is 0. The Bertz CT molecular complexity index is 345. The number of sulfonamides is 1. The quantitative estimate of drug-likeness (QED) is 0.749. The average molecular weight is 246 g/mol. The van der Waals surface area contributed by atoms with Gasteiger partial charge in [0.15, 0.2) is 0 Å². The molecule has 5 heteroatoms. The van der Waals surface area contributed by atoms with Crippen molar-refractivity contribution in [3.05, 3.63) is 0 Å². The van der Waals surface area contributed by atoms with E-state index in [1.165, 1.54) is 12.8 Å². The van der Waals surface area contributed by atoms with E-state index < -0.39 is 14.8 Å². The van der Waals surface area contributed by atoms with E-state index in [2.05, 4.69) is 5.32 Å². The van der Waals surface area contributed by atoms with Gasteiger partial charge in [-0.2, -0.15) is 4.31 Å². The van der Waals surface area contributed by atoms with Crippen molar-refractivity contribution in [3.63, 3.8) is 0 Å². The molecule has 16 heavy (non-hydrogen) atoms. The summed E-state index contributed by atoms with van der Waals surface area (Å²) < 4.78 is 26.1. The molecule has 0 amide bonds. The molecular weight excluding hydrogens is 224 g/mol. The molecule has 1 aliphatic carbocycles. The zero-order valence-electron chi connectivity index (χ0n) is 10.2. The summed E-state index contributed by atoms with van der Waals surface area (Å²) in [7, 11) is -3.15. The SMILES string of the molecule is CC1(C)CNCCN(C2CCCC2)S1(=O)=O. The molecule has 2 rings (SSSR count). The fourth-order valence-electron chi connectivity index (χ4n) is 2.68. The summed E-state index contributed by atoms with van der Waals surface area (Å²) in [5, 5.41) is 3.23. The highest BCUT2D eigenvalue weighted by Crippen LogP contribution is 2.31. The van der Waals surface area contributed by atoms with Crippen LogP contribution in [0.2, 0.25) is 0 Å². The zero-order valence-corrected chi connectivity index (χ0v) is 11.0. The zero-order chi connectivity index (χ0) is 11.8. The second-order valence-electron chi connectivity index (χ2n) is 5.49. The third-order valence-electron chi connectivity index (χ3n) is 3.80. The lowest BCUT2D eigenvalue weighted by Crippen LogP contribution is -2.49. The van der Waals surface area contributed by atoms with Gasteiger partial charge in [-0.15, -0.1) is 0 Å². The first-order valence-electron chi connectivity index (χ1n) is 6.17. The number of nitrogens with one attached hydrogen (secondary N) is 1. The highest BCUT2D eigenvalue weighted by atomic mass is 32.2. The molecular formula is C11H22N2O2S. The van der Waals surface area contributed by atoms with E-state index in [4.69, 9.17) is 0 Å². The monoisotopic (exact) mass is 246 g/mol. The van der Waals surface area contributed by atoms with Gasteiger partial charge < -0.3 is 5.32 Å². The van der Waals surface area contributed by atoms with Gasteiger partial charge in [0, 0.05) is 25.7 Å². The van der Waals surface area contributed by atoms with Crippen LogP contribution in [0.15, 0.2) is 0 Å². The van der Waals surface area contributed by atoms with Crippen LogP contribution in [0.5, 0.6) is 0 Å². The van der Waals surface area contributed by atoms with Crippen LogP contribution in [0.25, 0.3) is 0 Å². The first kappa shape index (κ1) is 12.3. The van der Waals surface area contributed by atoms with Crippen molar-refractivity contribution >= 4 is 10.0 Å². The summed E-state index contributed by atoms with van der Waals surface area (Å²) >= 11 is 0. The first-order valence-corrected chi connectivity index (χ1v) is 7.61. The highest BCUT2D eigenvalue weighted by Gasteiger charge is 2.43. The molecule has 2 fully saturated rings. The van der Waals surface area contributed by atoms with Gasteiger partial charge in [-0.1, -0.05) is 12.8 Å². The minimum atomic E-state index is -3.15. The molecule has 1 N–H and O–H groups in total. The highest BCUT2D eigenvalue weighted by molar-refractivity contribution is 7.90. The Hall–Kier alpha value is -0.130. The smallest absolute Gasteiger partial charge is 0.220 e. The number of rotatable bonds is 1. The minimum Gasteiger partial charge on any atom is -0.314 e. The lowest BCUT2D eigenvalue weighted by atomic mass is 10.2. The fraction of sp³-hybridized carbons (Fsp3) is 1.00. The van der Waals surface area contributed by atoms with Gasteiger partial charge in [0.05, 0.1) is 4.75 Å². The van der Waals surface area contributed by atoms with Crippen LogP contribution in [0, 0.1) is 0 Å². The molecule has 4 nitrogen and oxygen atoms in total. The van der Waals surface area contributed by atoms with Gasteiger partial charge in [-0.3, -0.25) is 0 Å². The van der Waals surface area contributed by atoms with Gasteiger partial charge in [0.1, 0.15) is 0 Å². The molecule has 94 valence electrons. The molecule has 0 unspecified atom stereocenters. The van der Waals surface area contributed by atoms with Crippen molar-refractivity contribution in [1.29, 1.82) is 0 Å². The van der Waals surface area contributed by atoms with Crippen LogP contribution in [-0.2, 0) is 10.0 Å². The standard InChI is InChI=1S/C11H22N2O2S/c1-11(2)9-12-7-8-13(16(11,14)15)10-5-3-4-6-10/h10,12H,3-9H2,1-2H3. The average Bonchev–Trinajstić information content (AvgIpc) is 2.66. The molecule has 2 aliphatic rings. The van der Waals surface area contributed by atoms with Crippen LogP contribution in [0.3, 0.4) is 0 Å². The normalized spacial score (nSPS) is 31.4. The van der Waals surface area contributed by atoms with E-state index in [0.717, 1.165) is 19.4 Å². The summed E-state index contributed by atoms with van der Waals surface area (Å²) in [6, 6.07) is 0.254. The summed E-state index contributed by atoms with van der Waals surface area (Å²) in [6.45, 7) is 5.61. The van der Waals surface area contributed by atoms with Crippen LogP contribution in [0.1, 0.15) is 39.5 Å². The van der Waals surface area contributed by atoms with Gasteiger partial charge in [0.25, 0.3) is 0 Å². The van der Waals surface area contributed by atoms with E-state index in [9.17, 15) is 8.42 Å². The third-order valence-corrected chi connectivity index (χ3v) is 6.44. The summed E-state index contributed by atoms with van der Waals surface area (Å²) in [6.07, 6.45) is 4.42. The second-order valence-corrected chi connectivity index (χ2v) is 8.01. The molecule has 0 aromatic carbocycles. The Morgan fingerprint density at radius 2 is 1.88 bits per heavy atom. The van der Waals surface area contributed by atoms with Gasteiger partial charge in [0.2, 0.25) is 10.0 Å². The van der Waals surface area contributed by atoms with Crippen molar-refractivity contribution in [2.24, 2.45) is 0 Å². The largest absolute Gasteiger partial charge is 0.314 e. The lowest BCUT2D eigenvalue weighted by molar-refractivity contribution is 0.325. The van der Waals surface area contributed by atoms with Gasteiger partial charge in [-0.05, 0) is 26.7 Å². The number of nitrogens with zero attached hydrogens (tertiary/aromatic N) is 1. The maximum atomic E-state index is 12.5. The molecule has 0 bridgehead atoms. The van der Waals surface area contributed by atoms with E-state index >= 15 is 0 Å². The molecule has 0 spiro atoms. The van der Waals surface area contributed by atoms with E-state index in [0.29, 0.717) is 13.1 Å². The Labute approximate surface area is 98.4 Å². The Balaban J connectivity index is 2.28. The predicted molar refractivity (Wildman–Crippen MR) is 64.8 cm³/mol. The van der Waals surface area contributed by atoms with Crippen molar-refractivity contribution in [2.75, 3.05) is 19.6 Å². The molecule has 0 atom stereocenters. The van der Waals surface area contributed by atoms with E-state index in [1.54, 1.807) is 4.31 Å². The van der Waals surface area contributed by atoms with Crippen molar-refractivity contribution in [3.8, 4) is 0 Å². The topological polar surface area (TPSA) is 49.4 Å². The summed E-state index contributed by atoms with van der Waals surface area (Å²) in [5.41, 5.74) is 0. The molecule has 1 saturated carbocycles. The molecule has 1 aliphatic heterocycles. The van der Waals surface area contributed by atoms with Crippen LogP contribution in [0.4, 0.5) is 0 Å². The Morgan fingerprint density at radius 1 is 1.25 bits per heavy atom. The van der Waals surface area contributed by atoms with Gasteiger partial charge >= 0.3 is 0 Å². The molecule has 1 saturated heterocycles. The maximum absolute atomic E-state index is 12.5. The molecule has 0 aromatic heterocycles. The maximum Gasteiger partial charge on any atom is 0.220 e. The van der Waals surface area contributed by atoms with Crippen LogP contribution in [-0.4, -0.2) is 43.1 Å². The molecule has 0 radical (unpaired) electrons. The Morgan fingerprint density at radius 3 is 2.50 bits per heavy atom.